The Balaban J connectivity index is 1.99. The second-order valence-electron chi connectivity index (χ2n) is 7.50. The molecule has 0 radical (unpaired) electrons. The standard InChI is InChI=1S/C16H25BF2O5S/c1-15(2)16(3,4)24-17(23-15)11-9-12(18)14(13(19)10-11)22-7-6-8-25(5,20)21/h9-10,12,14H,6-8H2,1-5H3. The zero-order valence-electron chi connectivity index (χ0n) is 15.2. The first-order valence-corrected chi connectivity index (χ1v) is 10.3. The lowest BCUT2D eigenvalue weighted by Gasteiger charge is -2.32. The van der Waals surface area contributed by atoms with E-state index in [0.29, 0.717) is 0 Å². The van der Waals surface area contributed by atoms with Gasteiger partial charge < -0.3 is 14.0 Å². The monoisotopic (exact) mass is 378 g/mol. The zero-order chi connectivity index (χ0) is 19.0. The maximum atomic E-state index is 14.3. The molecule has 9 heteroatoms. The van der Waals surface area contributed by atoms with Crippen LogP contribution in [0.25, 0.3) is 0 Å². The zero-order valence-corrected chi connectivity index (χ0v) is 16.0. The number of sulfone groups is 1. The van der Waals surface area contributed by atoms with Crippen molar-refractivity contribution < 1.29 is 31.2 Å². The van der Waals surface area contributed by atoms with Gasteiger partial charge in [0.2, 0.25) is 0 Å². The van der Waals surface area contributed by atoms with E-state index in [1.807, 2.05) is 27.7 Å². The van der Waals surface area contributed by atoms with Crippen LogP contribution < -0.4 is 0 Å². The van der Waals surface area contributed by atoms with E-state index in [1.165, 1.54) is 12.2 Å². The topological polar surface area (TPSA) is 61.8 Å². The maximum absolute atomic E-state index is 14.3. The highest BCUT2D eigenvalue weighted by Crippen LogP contribution is 2.40. The van der Waals surface area contributed by atoms with Crippen LogP contribution in [0.5, 0.6) is 0 Å². The van der Waals surface area contributed by atoms with E-state index >= 15 is 0 Å². The summed E-state index contributed by atoms with van der Waals surface area (Å²) in [5.74, 6) is -0.851. The van der Waals surface area contributed by atoms with Gasteiger partial charge in [0.25, 0.3) is 0 Å². The average molecular weight is 378 g/mol. The van der Waals surface area contributed by atoms with Crippen LogP contribution >= 0.6 is 0 Å². The molecule has 142 valence electrons. The Bertz CT molecular complexity index is 656. The third-order valence-electron chi connectivity index (χ3n) is 4.70. The maximum Gasteiger partial charge on any atom is 0.494 e. The number of hydrogen-bond donors (Lipinski definition) is 0. The summed E-state index contributed by atoms with van der Waals surface area (Å²) in [6, 6.07) is 0. The van der Waals surface area contributed by atoms with Gasteiger partial charge in [-0.2, -0.15) is 0 Å². The molecular weight excluding hydrogens is 353 g/mol. The Labute approximate surface area is 148 Å². The van der Waals surface area contributed by atoms with E-state index in [1.54, 1.807) is 0 Å². The lowest BCUT2D eigenvalue weighted by Crippen LogP contribution is -2.41. The fourth-order valence-electron chi connectivity index (χ4n) is 2.54. The van der Waals surface area contributed by atoms with Crippen LogP contribution in [0.15, 0.2) is 23.5 Å². The number of hydrogen-bond acceptors (Lipinski definition) is 5. The van der Waals surface area contributed by atoms with Crippen LogP contribution in [0.2, 0.25) is 0 Å². The van der Waals surface area contributed by atoms with Gasteiger partial charge in [0.15, 0.2) is 6.17 Å². The molecule has 0 aromatic carbocycles. The van der Waals surface area contributed by atoms with Crippen LogP contribution in [0.4, 0.5) is 8.78 Å². The van der Waals surface area contributed by atoms with Crippen LogP contribution in [0.3, 0.4) is 0 Å². The molecule has 0 aromatic rings. The van der Waals surface area contributed by atoms with Crippen molar-refractivity contribution >= 4 is 17.0 Å². The minimum absolute atomic E-state index is 0.0426. The van der Waals surface area contributed by atoms with Gasteiger partial charge in [-0.15, -0.1) is 0 Å². The molecule has 5 nitrogen and oxygen atoms in total. The minimum Gasteiger partial charge on any atom is -0.399 e. The molecule has 0 spiro atoms. The van der Waals surface area contributed by atoms with E-state index in [2.05, 4.69) is 0 Å². The van der Waals surface area contributed by atoms with Crippen LogP contribution in [-0.2, 0) is 23.9 Å². The van der Waals surface area contributed by atoms with Gasteiger partial charge in [0.05, 0.1) is 17.0 Å². The van der Waals surface area contributed by atoms with E-state index < -0.39 is 46.3 Å². The summed E-state index contributed by atoms with van der Waals surface area (Å²) >= 11 is 0. The summed E-state index contributed by atoms with van der Waals surface area (Å²) in [6.45, 7) is 7.39. The highest BCUT2D eigenvalue weighted by Gasteiger charge is 2.52. The number of halogens is 2. The van der Waals surface area contributed by atoms with E-state index in [-0.39, 0.29) is 24.3 Å². The van der Waals surface area contributed by atoms with E-state index in [9.17, 15) is 17.2 Å². The smallest absolute Gasteiger partial charge is 0.399 e. The van der Waals surface area contributed by atoms with Crippen LogP contribution in [-0.4, -0.2) is 57.6 Å². The molecule has 1 heterocycles. The fourth-order valence-corrected chi connectivity index (χ4v) is 3.18. The highest BCUT2D eigenvalue weighted by molar-refractivity contribution is 7.90. The molecule has 2 rings (SSSR count). The normalized spacial score (nSPS) is 28.7. The highest BCUT2D eigenvalue weighted by atomic mass is 32.2. The number of rotatable bonds is 6. The van der Waals surface area contributed by atoms with Crippen molar-refractivity contribution in [3.63, 3.8) is 0 Å². The molecule has 2 atom stereocenters. The number of alkyl halides is 1. The van der Waals surface area contributed by atoms with Crippen molar-refractivity contribution in [1.82, 2.24) is 0 Å². The van der Waals surface area contributed by atoms with E-state index in [4.69, 9.17) is 14.0 Å². The predicted molar refractivity (Wildman–Crippen MR) is 92.3 cm³/mol. The molecule has 0 bridgehead atoms. The molecule has 0 amide bonds. The molecule has 0 aromatic heterocycles. The third-order valence-corrected chi connectivity index (χ3v) is 5.73. The van der Waals surface area contributed by atoms with Gasteiger partial charge in [-0.25, -0.2) is 17.2 Å². The Morgan fingerprint density at radius 3 is 2.28 bits per heavy atom. The first-order chi connectivity index (χ1) is 11.3. The van der Waals surface area contributed by atoms with Crippen molar-refractivity contribution in [3.8, 4) is 0 Å². The molecule has 2 unspecified atom stereocenters. The summed E-state index contributed by atoms with van der Waals surface area (Å²) in [4.78, 5) is 0. The van der Waals surface area contributed by atoms with Crippen LogP contribution in [0.1, 0.15) is 34.1 Å². The Hall–Kier alpha value is -0.765. The molecule has 25 heavy (non-hydrogen) atoms. The Morgan fingerprint density at radius 1 is 1.24 bits per heavy atom. The molecule has 2 aliphatic rings. The van der Waals surface area contributed by atoms with E-state index in [0.717, 1.165) is 6.26 Å². The van der Waals surface area contributed by atoms with Gasteiger partial charge in [0, 0.05) is 12.9 Å². The molecule has 1 aliphatic heterocycles. The first kappa shape index (κ1) is 20.5. The Morgan fingerprint density at radius 2 is 1.80 bits per heavy atom. The quantitative estimate of drug-likeness (QED) is 0.525. The van der Waals surface area contributed by atoms with Gasteiger partial charge in [-0.05, 0) is 51.7 Å². The lowest BCUT2D eigenvalue weighted by molar-refractivity contribution is 0.00578. The summed E-state index contributed by atoms with van der Waals surface area (Å²) in [5.41, 5.74) is -0.930. The van der Waals surface area contributed by atoms with Crippen molar-refractivity contribution in [2.75, 3.05) is 18.6 Å². The van der Waals surface area contributed by atoms with Crippen molar-refractivity contribution in [1.29, 1.82) is 0 Å². The molecule has 0 N–H and O–H groups in total. The fraction of sp³-hybridized carbons (Fsp3) is 0.750. The summed E-state index contributed by atoms with van der Waals surface area (Å²) in [7, 11) is -3.97. The molecular formula is C16H25BF2O5S. The number of ether oxygens (including phenoxy) is 1. The minimum atomic E-state index is -3.12. The van der Waals surface area contributed by atoms with Crippen molar-refractivity contribution in [2.45, 2.75) is 57.6 Å². The molecule has 1 saturated heterocycles. The van der Waals surface area contributed by atoms with Gasteiger partial charge in [-0.3, -0.25) is 0 Å². The summed E-state index contributed by atoms with van der Waals surface area (Å²) in [5, 5.41) is 0. The molecule has 1 fully saturated rings. The lowest BCUT2D eigenvalue weighted by atomic mass is 9.75. The summed E-state index contributed by atoms with van der Waals surface area (Å²) < 4.78 is 67.5. The third kappa shape index (κ3) is 4.90. The SMILES string of the molecule is CC1(C)OB(C2=CC(F)C(OCCCS(C)(=O)=O)C(F)=C2)OC1(C)C. The number of allylic oxidation sites excluding steroid dienone is 2. The van der Waals surface area contributed by atoms with Crippen molar-refractivity contribution in [2.24, 2.45) is 0 Å². The molecule has 1 aliphatic carbocycles. The van der Waals surface area contributed by atoms with Gasteiger partial charge in [0.1, 0.15) is 21.8 Å². The largest absolute Gasteiger partial charge is 0.494 e. The summed E-state index contributed by atoms with van der Waals surface area (Å²) in [6.07, 6.45) is 0.615. The first-order valence-electron chi connectivity index (χ1n) is 8.20. The van der Waals surface area contributed by atoms with Gasteiger partial charge in [-0.1, -0.05) is 0 Å². The second kappa shape index (κ2) is 7.10. The van der Waals surface area contributed by atoms with Gasteiger partial charge >= 0.3 is 7.12 Å². The average Bonchev–Trinajstić information content (AvgIpc) is 2.64. The second-order valence-corrected chi connectivity index (χ2v) is 9.76. The van der Waals surface area contributed by atoms with Crippen LogP contribution in [0, 0.1) is 0 Å². The molecule has 0 saturated carbocycles. The predicted octanol–water partition coefficient (Wildman–Crippen LogP) is 2.57. The van der Waals surface area contributed by atoms with Crippen molar-refractivity contribution in [3.05, 3.63) is 23.5 Å². The Kier molecular flexibility index (Phi) is 5.83.